The van der Waals surface area contributed by atoms with Gasteiger partial charge in [0.05, 0.1) is 18.6 Å². The monoisotopic (exact) mass is 460 g/mol. The summed E-state index contributed by atoms with van der Waals surface area (Å²) >= 11 is 6.34. The van der Waals surface area contributed by atoms with Gasteiger partial charge in [-0.3, -0.25) is 4.79 Å². The van der Waals surface area contributed by atoms with E-state index in [2.05, 4.69) is 29.6 Å². The fourth-order valence-electron chi connectivity index (χ4n) is 5.38. The van der Waals surface area contributed by atoms with Crippen LogP contribution in [0.1, 0.15) is 41.9 Å². The number of halogens is 1. The summed E-state index contributed by atoms with van der Waals surface area (Å²) in [5, 5.41) is 14.3. The lowest BCUT2D eigenvalue weighted by Gasteiger charge is -2.34. The second-order valence-electron chi connectivity index (χ2n) is 8.99. The fraction of sp³-hybridized carbons (Fsp3) is 0.321. The molecular weight excluding hydrogens is 432 g/mol. The first kappa shape index (κ1) is 22.0. The number of nitrogens with one attached hydrogen (secondary N) is 1. The number of fused-ring (bicyclic) bond motifs is 2. The van der Waals surface area contributed by atoms with Gasteiger partial charge in [-0.15, -0.1) is 0 Å². The number of hydrogen-bond donors (Lipinski definition) is 2. The molecule has 1 amide bonds. The Bertz CT molecular complexity index is 1130. The Labute approximate surface area is 200 Å². The molecule has 0 spiro atoms. The second-order valence-corrected chi connectivity index (χ2v) is 9.43. The van der Waals surface area contributed by atoms with Crippen molar-refractivity contribution in [2.75, 3.05) is 19.7 Å². The van der Waals surface area contributed by atoms with Gasteiger partial charge in [0.25, 0.3) is 0 Å². The topological polar surface area (TPSA) is 52.6 Å². The van der Waals surface area contributed by atoms with Crippen molar-refractivity contribution in [2.45, 2.75) is 37.6 Å². The van der Waals surface area contributed by atoms with Gasteiger partial charge >= 0.3 is 0 Å². The molecule has 2 N–H and O–H groups in total. The Morgan fingerprint density at radius 2 is 1.88 bits per heavy atom. The van der Waals surface area contributed by atoms with Crippen LogP contribution in [0.25, 0.3) is 5.57 Å². The lowest BCUT2D eigenvalue weighted by atomic mass is 9.84. The van der Waals surface area contributed by atoms with Gasteiger partial charge in [0.15, 0.2) is 0 Å². The minimum atomic E-state index is -0.499. The molecule has 33 heavy (non-hydrogen) atoms. The minimum Gasteiger partial charge on any atom is -0.395 e. The number of aryl methyl sites for hydroxylation is 1. The van der Waals surface area contributed by atoms with E-state index in [1.54, 1.807) is 0 Å². The predicted octanol–water partition coefficient (Wildman–Crippen LogP) is 4.85. The zero-order valence-electron chi connectivity index (χ0n) is 18.6. The number of aliphatic hydroxyl groups excluding tert-OH is 1. The van der Waals surface area contributed by atoms with Gasteiger partial charge in [0.2, 0.25) is 5.91 Å². The zero-order valence-corrected chi connectivity index (χ0v) is 19.4. The number of amides is 1. The van der Waals surface area contributed by atoms with Gasteiger partial charge in [0.1, 0.15) is 0 Å². The number of aliphatic hydroxyl groups is 1. The molecule has 0 aromatic heterocycles. The van der Waals surface area contributed by atoms with E-state index >= 15 is 0 Å². The summed E-state index contributed by atoms with van der Waals surface area (Å²) in [5.74, 6) is -0.485. The Hall–Kier alpha value is -2.82. The van der Waals surface area contributed by atoms with Gasteiger partial charge in [0, 0.05) is 18.1 Å². The third-order valence-corrected chi connectivity index (χ3v) is 7.35. The molecule has 2 aromatic carbocycles. The Morgan fingerprint density at radius 1 is 1.09 bits per heavy atom. The maximum absolute atomic E-state index is 13.2. The summed E-state index contributed by atoms with van der Waals surface area (Å²) in [5.41, 5.74) is 7.60. The molecule has 5 rings (SSSR count). The number of likely N-dealkylation sites (tertiary alicyclic amines) is 1. The van der Waals surface area contributed by atoms with Crippen LogP contribution in [0.4, 0.5) is 0 Å². The first-order valence-electron chi connectivity index (χ1n) is 11.7. The number of benzene rings is 2. The van der Waals surface area contributed by atoms with Crippen LogP contribution in [0.2, 0.25) is 5.02 Å². The number of rotatable bonds is 3. The molecule has 1 saturated heterocycles. The van der Waals surface area contributed by atoms with Gasteiger partial charge in [-0.1, -0.05) is 59.6 Å². The summed E-state index contributed by atoms with van der Waals surface area (Å²) in [6.45, 7) is 1.17. The van der Waals surface area contributed by atoms with E-state index in [9.17, 15) is 9.90 Å². The maximum Gasteiger partial charge on any atom is 0.232 e. The molecule has 2 aromatic rings. The summed E-state index contributed by atoms with van der Waals surface area (Å²) in [7, 11) is 0. The normalized spacial score (nSPS) is 20.8. The highest BCUT2D eigenvalue weighted by Gasteiger charge is 2.32. The number of carbonyl (C=O) groups excluding carboxylic acids is 1. The van der Waals surface area contributed by atoms with E-state index in [0.29, 0.717) is 13.1 Å². The van der Waals surface area contributed by atoms with Crippen molar-refractivity contribution < 1.29 is 9.90 Å². The van der Waals surface area contributed by atoms with Crippen molar-refractivity contribution in [2.24, 2.45) is 0 Å². The highest BCUT2D eigenvalue weighted by atomic mass is 35.5. The number of hydrogen-bond acceptors (Lipinski definition) is 3. The van der Waals surface area contributed by atoms with Crippen LogP contribution in [0, 0.1) is 0 Å². The maximum atomic E-state index is 13.2. The predicted molar refractivity (Wildman–Crippen MR) is 133 cm³/mol. The van der Waals surface area contributed by atoms with Gasteiger partial charge in [-0.2, -0.15) is 0 Å². The van der Waals surface area contributed by atoms with E-state index in [-0.39, 0.29) is 18.6 Å². The Morgan fingerprint density at radius 3 is 2.64 bits per heavy atom. The molecule has 5 heteroatoms. The van der Waals surface area contributed by atoms with Crippen LogP contribution in [-0.2, 0) is 11.2 Å². The average Bonchev–Trinajstić information content (AvgIpc) is 3.02. The quantitative estimate of drug-likeness (QED) is 0.688. The Balaban J connectivity index is 1.43. The summed E-state index contributed by atoms with van der Waals surface area (Å²) < 4.78 is 0. The van der Waals surface area contributed by atoms with Crippen LogP contribution >= 0.6 is 11.6 Å². The van der Waals surface area contributed by atoms with E-state index in [4.69, 9.17) is 11.6 Å². The molecular formula is C28H29ClN2O2. The SMILES string of the molecule is O=C(C(CO)c1ccccc1)N1CCC(=C2c3ccc(Cl)cc3CCC3=CC=CNC32)CC1. The molecule has 1 aliphatic carbocycles. The molecule has 0 radical (unpaired) electrons. The summed E-state index contributed by atoms with van der Waals surface area (Å²) in [4.78, 5) is 15.2. The van der Waals surface area contributed by atoms with Crippen LogP contribution in [0.3, 0.4) is 0 Å². The lowest BCUT2D eigenvalue weighted by Crippen LogP contribution is -2.41. The molecule has 0 saturated carbocycles. The molecule has 3 aliphatic rings. The first-order chi connectivity index (χ1) is 16.2. The Kier molecular flexibility index (Phi) is 6.39. The standard InChI is InChI=1S/C28H29ClN2O2/c29-23-10-11-24-22(17-23)9-8-21-7-4-14-30-27(21)26(24)20-12-15-31(16-13-20)28(33)25(18-32)19-5-2-1-3-6-19/h1-7,10-11,14,17,25,27,30,32H,8-9,12-13,15-16,18H2. The number of piperidine rings is 1. The van der Waals surface area contributed by atoms with Crippen molar-refractivity contribution in [3.8, 4) is 0 Å². The van der Waals surface area contributed by atoms with Gasteiger partial charge in [-0.25, -0.2) is 0 Å². The molecule has 2 unspecified atom stereocenters. The smallest absolute Gasteiger partial charge is 0.232 e. The van der Waals surface area contributed by atoms with Crippen molar-refractivity contribution in [1.29, 1.82) is 0 Å². The first-order valence-corrected chi connectivity index (χ1v) is 12.1. The zero-order chi connectivity index (χ0) is 22.8. The van der Waals surface area contributed by atoms with E-state index in [1.807, 2.05) is 47.5 Å². The highest BCUT2D eigenvalue weighted by molar-refractivity contribution is 6.30. The van der Waals surface area contributed by atoms with E-state index < -0.39 is 5.92 Å². The number of allylic oxidation sites excluding steroid dienone is 2. The van der Waals surface area contributed by atoms with Crippen molar-refractivity contribution >= 4 is 23.1 Å². The third-order valence-electron chi connectivity index (χ3n) is 7.11. The van der Waals surface area contributed by atoms with Crippen molar-refractivity contribution in [3.63, 3.8) is 0 Å². The third kappa shape index (κ3) is 4.38. The van der Waals surface area contributed by atoms with Gasteiger partial charge < -0.3 is 15.3 Å². The van der Waals surface area contributed by atoms with Crippen LogP contribution in [0.15, 0.2) is 78.0 Å². The van der Waals surface area contributed by atoms with E-state index in [0.717, 1.165) is 36.3 Å². The fourth-order valence-corrected chi connectivity index (χ4v) is 5.58. The second kappa shape index (κ2) is 9.58. The molecule has 2 aliphatic heterocycles. The van der Waals surface area contributed by atoms with Crippen LogP contribution in [-0.4, -0.2) is 41.7 Å². The van der Waals surface area contributed by atoms with Crippen LogP contribution in [0.5, 0.6) is 0 Å². The summed E-state index contributed by atoms with van der Waals surface area (Å²) in [6, 6.07) is 16.0. The molecule has 1 fully saturated rings. The van der Waals surface area contributed by atoms with Gasteiger partial charge in [-0.05, 0) is 77.9 Å². The van der Waals surface area contributed by atoms with Crippen molar-refractivity contribution in [1.82, 2.24) is 10.2 Å². The molecule has 4 nitrogen and oxygen atoms in total. The molecule has 0 bridgehead atoms. The van der Waals surface area contributed by atoms with E-state index in [1.165, 1.54) is 27.8 Å². The summed E-state index contributed by atoms with van der Waals surface area (Å²) in [6.07, 6.45) is 10.0. The number of dihydropyridines is 1. The largest absolute Gasteiger partial charge is 0.395 e. The number of nitrogens with zero attached hydrogens (tertiary/aromatic N) is 1. The lowest BCUT2D eigenvalue weighted by molar-refractivity contribution is -0.134. The minimum absolute atomic E-state index is 0.0140. The highest BCUT2D eigenvalue weighted by Crippen LogP contribution is 2.39. The van der Waals surface area contributed by atoms with Crippen LogP contribution < -0.4 is 5.32 Å². The molecule has 2 atom stereocenters. The number of carbonyl (C=O) groups is 1. The average molecular weight is 461 g/mol. The molecule has 2 heterocycles. The van der Waals surface area contributed by atoms with Crippen molar-refractivity contribution in [3.05, 3.63) is 99.7 Å². The molecule has 170 valence electrons.